The van der Waals surface area contributed by atoms with Crippen molar-refractivity contribution in [2.45, 2.75) is 45.4 Å². The van der Waals surface area contributed by atoms with Crippen molar-refractivity contribution in [1.29, 1.82) is 0 Å². The molecule has 1 heterocycles. The highest BCUT2D eigenvalue weighted by Gasteiger charge is 2.14. The zero-order valence-corrected chi connectivity index (χ0v) is 11.4. The van der Waals surface area contributed by atoms with E-state index in [0.29, 0.717) is 12.0 Å². The van der Waals surface area contributed by atoms with Gasteiger partial charge in [-0.1, -0.05) is 32.5 Å². The number of nitrogens with zero attached hydrogens (tertiary/aromatic N) is 1. The number of hydrogen-bond acceptors (Lipinski definition) is 4. The molecule has 16 heavy (non-hydrogen) atoms. The molecule has 1 rings (SSSR count). The fraction of sp³-hybridized carbons (Fsp3) is 0.750. The Balaban J connectivity index is 2.37. The highest BCUT2D eigenvalue weighted by molar-refractivity contribution is 7.99. The van der Waals surface area contributed by atoms with Gasteiger partial charge in [-0.15, -0.1) is 0 Å². The third-order valence-corrected chi connectivity index (χ3v) is 3.41. The molecule has 1 unspecified atom stereocenters. The molecule has 1 N–H and O–H groups in total. The molecule has 0 saturated heterocycles. The number of aryl methyl sites for hydroxylation is 1. The monoisotopic (exact) mass is 242 g/mol. The van der Waals surface area contributed by atoms with E-state index in [1.54, 1.807) is 18.0 Å². The number of thioether (sulfide) groups is 1. The minimum absolute atomic E-state index is 0.525. The Labute approximate surface area is 102 Å². The molecule has 0 aliphatic heterocycles. The van der Waals surface area contributed by atoms with E-state index in [0.717, 1.165) is 23.2 Å². The maximum Gasteiger partial charge on any atom is 0.255 e. The summed E-state index contributed by atoms with van der Waals surface area (Å²) < 4.78 is 5.32. The van der Waals surface area contributed by atoms with Crippen molar-refractivity contribution in [3.05, 3.63) is 12.0 Å². The normalized spacial score (nSPS) is 13.3. The standard InChI is InChI=1S/C12H22N2OS/c1-5-6-13-11(9(2)3)8-16-12-14-10(4)7-15-12/h7,9,11,13H,5-6,8H2,1-4H3. The summed E-state index contributed by atoms with van der Waals surface area (Å²) in [7, 11) is 0. The van der Waals surface area contributed by atoms with E-state index in [2.05, 4.69) is 31.1 Å². The van der Waals surface area contributed by atoms with E-state index in [1.165, 1.54) is 6.42 Å². The van der Waals surface area contributed by atoms with Gasteiger partial charge in [-0.3, -0.25) is 0 Å². The molecular weight excluding hydrogens is 220 g/mol. The van der Waals surface area contributed by atoms with Crippen molar-refractivity contribution in [2.75, 3.05) is 12.3 Å². The van der Waals surface area contributed by atoms with Gasteiger partial charge in [0.1, 0.15) is 6.26 Å². The Morgan fingerprint density at radius 1 is 1.50 bits per heavy atom. The molecular formula is C12H22N2OS. The largest absolute Gasteiger partial charge is 0.440 e. The molecule has 92 valence electrons. The summed E-state index contributed by atoms with van der Waals surface area (Å²) in [5.41, 5.74) is 0.949. The third kappa shape index (κ3) is 4.58. The summed E-state index contributed by atoms with van der Waals surface area (Å²) in [6.45, 7) is 9.70. The van der Waals surface area contributed by atoms with Crippen LogP contribution in [0, 0.1) is 12.8 Å². The Morgan fingerprint density at radius 3 is 2.75 bits per heavy atom. The molecule has 1 aromatic rings. The lowest BCUT2D eigenvalue weighted by molar-refractivity contribution is 0.427. The van der Waals surface area contributed by atoms with E-state index in [4.69, 9.17) is 4.42 Å². The van der Waals surface area contributed by atoms with Gasteiger partial charge in [0.05, 0.1) is 5.69 Å². The Bertz CT molecular complexity index is 299. The Hall–Kier alpha value is -0.480. The Morgan fingerprint density at radius 2 is 2.25 bits per heavy atom. The summed E-state index contributed by atoms with van der Waals surface area (Å²) in [4.78, 5) is 4.29. The van der Waals surface area contributed by atoms with Gasteiger partial charge in [-0.05, 0) is 25.8 Å². The topological polar surface area (TPSA) is 38.1 Å². The predicted molar refractivity (Wildman–Crippen MR) is 68.9 cm³/mol. The number of oxazole rings is 1. The van der Waals surface area contributed by atoms with Crippen LogP contribution in [0.4, 0.5) is 0 Å². The quantitative estimate of drug-likeness (QED) is 0.746. The van der Waals surface area contributed by atoms with Crippen molar-refractivity contribution >= 4 is 11.8 Å². The van der Waals surface area contributed by atoms with E-state index >= 15 is 0 Å². The second kappa shape index (κ2) is 6.97. The molecule has 0 aliphatic carbocycles. The first-order valence-corrected chi connectivity index (χ1v) is 6.90. The van der Waals surface area contributed by atoms with Crippen LogP contribution in [0.2, 0.25) is 0 Å². The first-order chi connectivity index (χ1) is 7.63. The lowest BCUT2D eigenvalue weighted by Gasteiger charge is -2.21. The fourth-order valence-electron chi connectivity index (χ4n) is 1.38. The Kier molecular flexibility index (Phi) is 5.91. The fourth-order valence-corrected chi connectivity index (χ4v) is 2.53. The molecule has 0 aliphatic rings. The van der Waals surface area contributed by atoms with Crippen LogP contribution in [0.1, 0.15) is 32.9 Å². The van der Waals surface area contributed by atoms with Crippen molar-refractivity contribution in [3.8, 4) is 0 Å². The predicted octanol–water partition coefficient (Wildman–Crippen LogP) is 3.10. The zero-order valence-electron chi connectivity index (χ0n) is 10.6. The summed E-state index contributed by atoms with van der Waals surface area (Å²) >= 11 is 1.69. The number of hydrogen-bond donors (Lipinski definition) is 1. The highest BCUT2D eigenvalue weighted by atomic mass is 32.2. The molecule has 0 radical (unpaired) electrons. The van der Waals surface area contributed by atoms with Gasteiger partial charge >= 0.3 is 0 Å². The molecule has 1 atom stereocenters. The average Bonchev–Trinajstić information content (AvgIpc) is 2.64. The number of nitrogens with one attached hydrogen (secondary N) is 1. The van der Waals surface area contributed by atoms with Crippen LogP contribution in [0.25, 0.3) is 0 Å². The van der Waals surface area contributed by atoms with Gasteiger partial charge in [0.2, 0.25) is 0 Å². The van der Waals surface area contributed by atoms with Gasteiger partial charge in [-0.25, -0.2) is 4.98 Å². The van der Waals surface area contributed by atoms with Crippen molar-refractivity contribution in [3.63, 3.8) is 0 Å². The maximum absolute atomic E-state index is 5.32. The van der Waals surface area contributed by atoms with E-state index in [-0.39, 0.29) is 0 Å². The van der Waals surface area contributed by atoms with E-state index in [1.807, 2.05) is 6.92 Å². The van der Waals surface area contributed by atoms with Crippen LogP contribution in [-0.2, 0) is 0 Å². The molecule has 0 amide bonds. The average molecular weight is 242 g/mol. The van der Waals surface area contributed by atoms with Gasteiger partial charge in [0, 0.05) is 11.8 Å². The van der Waals surface area contributed by atoms with Crippen molar-refractivity contribution < 1.29 is 4.42 Å². The van der Waals surface area contributed by atoms with Gasteiger partial charge in [0.15, 0.2) is 0 Å². The SMILES string of the molecule is CCCNC(CSc1nc(C)co1)C(C)C. The summed E-state index contributed by atoms with van der Waals surface area (Å²) in [5.74, 6) is 1.65. The first-order valence-electron chi connectivity index (χ1n) is 5.91. The lowest BCUT2D eigenvalue weighted by Crippen LogP contribution is -2.36. The highest BCUT2D eigenvalue weighted by Crippen LogP contribution is 2.19. The second-order valence-corrected chi connectivity index (χ2v) is 5.34. The molecule has 3 nitrogen and oxygen atoms in total. The molecule has 1 aromatic heterocycles. The third-order valence-electron chi connectivity index (χ3n) is 2.45. The molecule has 0 fully saturated rings. The van der Waals surface area contributed by atoms with Gasteiger partial charge in [-0.2, -0.15) is 0 Å². The van der Waals surface area contributed by atoms with Crippen LogP contribution >= 0.6 is 11.8 Å². The smallest absolute Gasteiger partial charge is 0.255 e. The number of aromatic nitrogens is 1. The molecule has 4 heteroatoms. The summed E-state index contributed by atoms with van der Waals surface area (Å²) in [6, 6.07) is 0.525. The molecule has 0 aromatic carbocycles. The summed E-state index contributed by atoms with van der Waals surface area (Å²) in [6.07, 6.45) is 2.87. The van der Waals surface area contributed by atoms with E-state index < -0.39 is 0 Å². The van der Waals surface area contributed by atoms with Crippen LogP contribution in [0.15, 0.2) is 15.9 Å². The van der Waals surface area contributed by atoms with Gasteiger partial charge < -0.3 is 9.73 Å². The van der Waals surface area contributed by atoms with Gasteiger partial charge in [0.25, 0.3) is 5.22 Å². The zero-order chi connectivity index (χ0) is 12.0. The summed E-state index contributed by atoms with van der Waals surface area (Å²) in [5, 5.41) is 4.33. The minimum atomic E-state index is 0.525. The first kappa shape index (κ1) is 13.6. The van der Waals surface area contributed by atoms with Crippen LogP contribution < -0.4 is 5.32 Å². The second-order valence-electron chi connectivity index (χ2n) is 4.37. The van der Waals surface area contributed by atoms with Crippen LogP contribution in [0.3, 0.4) is 0 Å². The van der Waals surface area contributed by atoms with E-state index in [9.17, 15) is 0 Å². The van der Waals surface area contributed by atoms with Crippen LogP contribution in [0.5, 0.6) is 0 Å². The molecule has 0 saturated carbocycles. The number of rotatable bonds is 7. The molecule has 0 bridgehead atoms. The lowest BCUT2D eigenvalue weighted by atomic mass is 10.1. The van der Waals surface area contributed by atoms with Crippen LogP contribution in [-0.4, -0.2) is 23.3 Å². The van der Waals surface area contributed by atoms with Crippen molar-refractivity contribution in [2.24, 2.45) is 5.92 Å². The van der Waals surface area contributed by atoms with Crippen molar-refractivity contribution in [1.82, 2.24) is 10.3 Å². The maximum atomic E-state index is 5.32. The molecule has 0 spiro atoms. The minimum Gasteiger partial charge on any atom is -0.440 e.